The zero-order valence-electron chi connectivity index (χ0n) is 34.4. The molecule has 294 valence electrons. The first-order valence-corrected chi connectivity index (χ1v) is 21.8. The van der Waals surface area contributed by atoms with Crippen molar-refractivity contribution in [3.05, 3.63) is 259 Å². The number of hydrogen-bond donors (Lipinski definition) is 0. The van der Waals surface area contributed by atoms with Gasteiger partial charge in [-0.1, -0.05) is 188 Å². The molecular weight excluding hydrogens is 763 g/mol. The minimum Gasteiger partial charge on any atom is -0.456 e. The van der Waals surface area contributed by atoms with Gasteiger partial charge in [0.1, 0.15) is 11.2 Å². The van der Waals surface area contributed by atoms with Gasteiger partial charge in [0.05, 0.1) is 16.8 Å². The summed E-state index contributed by atoms with van der Waals surface area (Å²) in [6, 6.07) is 86.8. The van der Waals surface area contributed by atoms with E-state index < -0.39 is 5.41 Å². The molecule has 0 radical (unpaired) electrons. The van der Waals surface area contributed by atoms with E-state index in [4.69, 9.17) is 4.42 Å². The van der Waals surface area contributed by atoms with E-state index >= 15 is 0 Å². The summed E-state index contributed by atoms with van der Waals surface area (Å²) < 4.78 is 6.42. The SMILES string of the molecule is c1ccc(-c2ccccc2-c2ccc3c(c2)C2(c4ccccc4-c4ccccc42)c2cc(-c4ccccc4-c4cccc5oc6ccccc6c45)ccc2N3c2ccccc2)cc1. The fraction of sp³-hybridized carbons (Fsp3) is 0.0164. The predicted octanol–water partition coefficient (Wildman–Crippen LogP) is 16.4. The minimum absolute atomic E-state index is 0.632. The smallest absolute Gasteiger partial charge is 0.136 e. The molecule has 0 fully saturated rings. The molecule has 0 atom stereocenters. The highest BCUT2D eigenvalue weighted by molar-refractivity contribution is 6.13. The third kappa shape index (κ3) is 5.19. The average molecular weight is 802 g/mol. The van der Waals surface area contributed by atoms with E-state index in [1.165, 1.54) is 78.1 Å². The van der Waals surface area contributed by atoms with Crippen molar-refractivity contribution in [1.29, 1.82) is 0 Å². The zero-order valence-corrected chi connectivity index (χ0v) is 34.4. The van der Waals surface area contributed by atoms with Gasteiger partial charge in [-0.05, 0) is 126 Å². The van der Waals surface area contributed by atoms with Gasteiger partial charge in [-0.25, -0.2) is 0 Å². The van der Waals surface area contributed by atoms with Crippen molar-refractivity contribution in [2.75, 3.05) is 4.90 Å². The van der Waals surface area contributed by atoms with Crippen molar-refractivity contribution in [2.45, 2.75) is 5.41 Å². The van der Waals surface area contributed by atoms with Gasteiger partial charge in [0.2, 0.25) is 0 Å². The van der Waals surface area contributed by atoms with Crippen LogP contribution in [0.4, 0.5) is 17.1 Å². The van der Waals surface area contributed by atoms with Crippen molar-refractivity contribution in [3.63, 3.8) is 0 Å². The standard InChI is InChI=1S/C61H39NO/c1-3-18-40(19-4-1)44-22-7-8-23-45(44)41-34-36-56-54(38-41)61(52-30-14-11-26-48(52)49-27-12-15-31-53(49)61)55-39-42(35-37-57(55)62(56)43-20-5-2-6-21-43)46-24-9-10-25-47(46)50-29-17-33-59-60(50)51-28-13-16-32-58(51)63-59/h1-39H. The van der Waals surface area contributed by atoms with E-state index in [-0.39, 0.29) is 0 Å². The summed E-state index contributed by atoms with van der Waals surface area (Å²) in [4.78, 5) is 2.49. The third-order valence-electron chi connectivity index (χ3n) is 13.5. The Morgan fingerprint density at radius 3 is 1.40 bits per heavy atom. The molecule has 0 bridgehead atoms. The second kappa shape index (κ2) is 13.9. The highest BCUT2D eigenvalue weighted by Crippen LogP contribution is 2.64. The lowest BCUT2D eigenvalue weighted by Crippen LogP contribution is -2.36. The van der Waals surface area contributed by atoms with Gasteiger partial charge in [-0.15, -0.1) is 0 Å². The van der Waals surface area contributed by atoms with E-state index in [0.717, 1.165) is 38.8 Å². The molecule has 11 aromatic rings. The molecule has 0 saturated heterocycles. The molecule has 1 aliphatic heterocycles. The van der Waals surface area contributed by atoms with Crippen molar-refractivity contribution in [1.82, 2.24) is 0 Å². The van der Waals surface area contributed by atoms with Gasteiger partial charge in [-0.2, -0.15) is 0 Å². The maximum Gasteiger partial charge on any atom is 0.136 e. The molecule has 0 unspecified atom stereocenters. The van der Waals surface area contributed by atoms with Crippen LogP contribution in [-0.2, 0) is 5.41 Å². The maximum atomic E-state index is 6.42. The molecule has 2 aliphatic rings. The van der Waals surface area contributed by atoms with Crippen LogP contribution in [0.3, 0.4) is 0 Å². The topological polar surface area (TPSA) is 16.4 Å². The largest absolute Gasteiger partial charge is 0.456 e. The normalized spacial score (nSPS) is 13.2. The monoisotopic (exact) mass is 801 g/mol. The molecule has 2 heteroatoms. The van der Waals surface area contributed by atoms with Crippen molar-refractivity contribution < 1.29 is 4.42 Å². The summed E-state index contributed by atoms with van der Waals surface area (Å²) in [5.74, 6) is 0. The Hall–Kier alpha value is -8.20. The number of hydrogen-bond acceptors (Lipinski definition) is 2. The van der Waals surface area contributed by atoms with E-state index in [0.29, 0.717) is 0 Å². The second-order valence-electron chi connectivity index (χ2n) is 16.7. The van der Waals surface area contributed by atoms with E-state index in [1.54, 1.807) is 0 Å². The number of rotatable bonds is 5. The Kier molecular flexibility index (Phi) is 7.85. The molecule has 0 N–H and O–H groups in total. The van der Waals surface area contributed by atoms with Gasteiger partial charge in [0, 0.05) is 16.5 Å². The predicted molar refractivity (Wildman–Crippen MR) is 261 cm³/mol. The highest BCUT2D eigenvalue weighted by Gasteiger charge is 2.52. The van der Waals surface area contributed by atoms with E-state index in [9.17, 15) is 0 Å². The molecule has 0 amide bonds. The number of anilines is 3. The molecule has 13 rings (SSSR count). The molecule has 0 saturated carbocycles. The minimum atomic E-state index is -0.632. The van der Waals surface area contributed by atoms with Crippen LogP contribution >= 0.6 is 0 Å². The summed E-state index contributed by atoms with van der Waals surface area (Å²) in [7, 11) is 0. The highest BCUT2D eigenvalue weighted by atomic mass is 16.3. The first-order chi connectivity index (χ1) is 31.3. The zero-order chi connectivity index (χ0) is 41.5. The Balaban J connectivity index is 1.12. The number of fused-ring (bicyclic) bond motifs is 12. The lowest BCUT2D eigenvalue weighted by atomic mass is 9.64. The third-order valence-corrected chi connectivity index (χ3v) is 13.5. The molecule has 2 heterocycles. The van der Waals surface area contributed by atoms with Crippen molar-refractivity contribution in [3.8, 4) is 55.6 Å². The van der Waals surface area contributed by atoms with Crippen molar-refractivity contribution in [2.24, 2.45) is 0 Å². The summed E-state index contributed by atoms with van der Waals surface area (Å²) in [5.41, 5.74) is 21.8. The first-order valence-electron chi connectivity index (χ1n) is 21.8. The summed E-state index contributed by atoms with van der Waals surface area (Å²) in [6.45, 7) is 0. The van der Waals surface area contributed by atoms with Crippen LogP contribution in [0.5, 0.6) is 0 Å². The second-order valence-corrected chi connectivity index (χ2v) is 16.7. The fourth-order valence-corrected chi connectivity index (χ4v) is 10.9. The van der Waals surface area contributed by atoms with Crippen LogP contribution in [0.15, 0.2) is 241 Å². The number of benzene rings is 10. The Morgan fingerprint density at radius 2 is 0.762 bits per heavy atom. The van der Waals surface area contributed by atoms with Gasteiger partial charge < -0.3 is 9.32 Å². The van der Waals surface area contributed by atoms with Crippen LogP contribution in [0.25, 0.3) is 77.6 Å². The molecule has 1 spiro atoms. The van der Waals surface area contributed by atoms with E-state index in [2.05, 4.69) is 235 Å². The van der Waals surface area contributed by atoms with Gasteiger partial charge in [-0.3, -0.25) is 0 Å². The lowest BCUT2D eigenvalue weighted by molar-refractivity contribution is 0.669. The number of nitrogens with zero attached hydrogens (tertiary/aromatic N) is 1. The molecule has 1 aliphatic carbocycles. The average Bonchev–Trinajstić information content (AvgIpc) is 3.89. The summed E-state index contributed by atoms with van der Waals surface area (Å²) in [6.07, 6.45) is 0. The molecule has 63 heavy (non-hydrogen) atoms. The first kappa shape index (κ1) is 35.5. The van der Waals surface area contributed by atoms with Gasteiger partial charge in [0.15, 0.2) is 0 Å². The molecule has 10 aromatic carbocycles. The van der Waals surface area contributed by atoms with Gasteiger partial charge >= 0.3 is 0 Å². The van der Waals surface area contributed by atoms with Gasteiger partial charge in [0.25, 0.3) is 0 Å². The molecule has 1 aromatic heterocycles. The fourth-order valence-electron chi connectivity index (χ4n) is 10.9. The van der Waals surface area contributed by atoms with Crippen LogP contribution in [-0.4, -0.2) is 0 Å². The molecular formula is C61H39NO. The Morgan fingerprint density at radius 1 is 0.302 bits per heavy atom. The summed E-state index contributed by atoms with van der Waals surface area (Å²) >= 11 is 0. The lowest BCUT2D eigenvalue weighted by Gasteiger charge is -2.45. The van der Waals surface area contributed by atoms with Crippen LogP contribution in [0.1, 0.15) is 22.3 Å². The van der Waals surface area contributed by atoms with Crippen molar-refractivity contribution >= 4 is 39.0 Å². The maximum absolute atomic E-state index is 6.42. The Labute approximate surface area is 366 Å². The Bertz CT molecular complexity index is 3540. The quantitative estimate of drug-likeness (QED) is 0.172. The van der Waals surface area contributed by atoms with Crippen LogP contribution in [0.2, 0.25) is 0 Å². The van der Waals surface area contributed by atoms with Crippen LogP contribution < -0.4 is 4.90 Å². The summed E-state index contributed by atoms with van der Waals surface area (Å²) in [5, 5.41) is 2.27. The number of para-hydroxylation sites is 2. The van der Waals surface area contributed by atoms with E-state index in [1.807, 2.05) is 6.07 Å². The van der Waals surface area contributed by atoms with Crippen LogP contribution in [0, 0.1) is 0 Å². The number of furan rings is 1. The molecule has 2 nitrogen and oxygen atoms in total.